The third-order valence-corrected chi connectivity index (χ3v) is 3.58. The van der Waals surface area contributed by atoms with Crippen molar-refractivity contribution in [1.29, 1.82) is 0 Å². The predicted molar refractivity (Wildman–Crippen MR) is 67.9 cm³/mol. The molecule has 1 atom stereocenters. The summed E-state index contributed by atoms with van der Waals surface area (Å²) in [6, 6.07) is 0.587. The first kappa shape index (κ1) is 13.4. The quantitative estimate of drug-likeness (QED) is 0.779. The second kappa shape index (κ2) is 6.80. The average Bonchev–Trinajstić information content (AvgIpc) is 2.98. The summed E-state index contributed by atoms with van der Waals surface area (Å²) >= 11 is 0. The van der Waals surface area contributed by atoms with Crippen LogP contribution in [0.3, 0.4) is 0 Å². The third-order valence-electron chi connectivity index (χ3n) is 3.58. The first-order valence-corrected chi connectivity index (χ1v) is 6.95. The maximum Gasteiger partial charge on any atom is 0.165 e. The third kappa shape index (κ3) is 3.26. The maximum atomic E-state index is 8.93. The predicted octanol–water partition coefficient (Wildman–Crippen LogP) is 0.820. The number of tetrazole rings is 1. The minimum atomic E-state index is 0.290. The monoisotopic (exact) mass is 253 g/mol. The molecule has 0 bridgehead atoms. The zero-order chi connectivity index (χ0) is 12.8. The number of hydrogen-bond acceptors (Lipinski definition) is 5. The van der Waals surface area contributed by atoms with E-state index in [4.69, 9.17) is 5.11 Å². The van der Waals surface area contributed by atoms with Gasteiger partial charge in [0.2, 0.25) is 0 Å². The van der Waals surface area contributed by atoms with Gasteiger partial charge in [0, 0.05) is 19.2 Å². The van der Waals surface area contributed by atoms with E-state index >= 15 is 0 Å². The van der Waals surface area contributed by atoms with Gasteiger partial charge in [-0.15, -0.1) is 5.10 Å². The van der Waals surface area contributed by atoms with Crippen LogP contribution in [0.15, 0.2) is 0 Å². The largest absolute Gasteiger partial charge is 0.396 e. The Morgan fingerprint density at radius 1 is 1.44 bits per heavy atom. The molecule has 0 radical (unpaired) electrons. The van der Waals surface area contributed by atoms with Gasteiger partial charge in [0.25, 0.3) is 0 Å². The van der Waals surface area contributed by atoms with Crippen LogP contribution in [-0.4, -0.2) is 49.4 Å². The van der Waals surface area contributed by atoms with E-state index in [1.807, 2.05) is 4.68 Å². The molecule has 1 aliphatic rings. The van der Waals surface area contributed by atoms with Gasteiger partial charge in [-0.25, -0.2) is 4.68 Å². The Hall–Kier alpha value is -1.01. The first-order chi connectivity index (χ1) is 8.85. The highest BCUT2D eigenvalue weighted by atomic mass is 16.2. The van der Waals surface area contributed by atoms with Gasteiger partial charge in [-0.3, -0.25) is 4.90 Å². The van der Waals surface area contributed by atoms with Gasteiger partial charge in [0.1, 0.15) is 0 Å². The normalized spacial score (nSPS) is 20.7. The molecule has 0 saturated carbocycles. The summed E-state index contributed by atoms with van der Waals surface area (Å²) in [5, 5.41) is 20.8. The minimum absolute atomic E-state index is 0.290. The lowest BCUT2D eigenvalue weighted by Gasteiger charge is -2.23. The van der Waals surface area contributed by atoms with Crippen molar-refractivity contribution in [3.8, 4) is 0 Å². The van der Waals surface area contributed by atoms with Gasteiger partial charge in [0.15, 0.2) is 5.82 Å². The van der Waals surface area contributed by atoms with Crippen molar-refractivity contribution < 1.29 is 5.11 Å². The molecule has 18 heavy (non-hydrogen) atoms. The molecule has 1 unspecified atom stereocenters. The summed E-state index contributed by atoms with van der Waals surface area (Å²) in [4.78, 5) is 2.45. The van der Waals surface area contributed by atoms with E-state index in [9.17, 15) is 0 Å². The van der Waals surface area contributed by atoms with Crippen LogP contribution in [-0.2, 0) is 13.1 Å². The Kier molecular flexibility index (Phi) is 5.07. The SMILES string of the molecule is CCCn1nnnc1CN1CCCC1CCCO. The second-order valence-corrected chi connectivity index (χ2v) is 4.95. The molecule has 1 N–H and O–H groups in total. The number of nitrogens with zero attached hydrogens (tertiary/aromatic N) is 5. The number of aliphatic hydroxyl groups is 1. The van der Waals surface area contributed by atoms with Gasteiger partial charge in [-0.1, -0.05) is 6.92 Å². The van der Waals surface area contributed by atoms with E-state index in [1.165, 1.54) is 12.8 Å². The first-order valence-electron chi connectivity index (χ1n) is 6.95. The van der Waals surface area contributed by atoms with Gasteiger partial charge in [-0.05, 0) is 49.1 Å². The zero-order valence-electron chi connectivity index (χ0n) is 11.1. The van der Waals surface area contributed by atoms with E-state index in [-0.39, 0.29) is 6.61 Å². The summed E-state index contributed by atoms with van der Waals surface area (Å²) in [5.74, 6) is 0.966. The number of aliphatic hydroxyl groups excluding tert-OH is 1. The molecule has 0 aromatic carbocycles. The van der Waals surface area contributed by atoms with Crippen molar-refractivity contribution in [2.24, 2.45) is 0 Å². The van der Waals surface area contributed by atoms with Crippen molar-refractivity contribution in [3.63, 3.8) is 0 Å². The van der Waals surface area contributed by atoms with E-state index in [0.29, 0.717) is 6.04 Å². The van der Waals surface area contributed by atoms with E-state index < -0.39 is 0 Å². The Balaban J connectivity index is 1.92. The molecule has 0 spiro atoms. The minimum Gasteiger partial charge on any atom is -0.396 e. The van der Waals surface area contributed by atoms with Crippen molar-refractivity contribution in [1.82, 2.24) is 25.1 Å². The van der Waals surface area contributed by atoms with Gasteiger partial charge in [0.05, 0.1) is 6.54 Å². The number of likely N-dealkylation sites (tertiary alicyclic amines) is 1. The molecule has 102 valence electrons. The molecular formula is C12H23N5O. The molecule has 1 aliphatic heterocycles. The van der Waals surface area contributed by atoms with Crippen molar-refractivity contribution in [2.45, 2.75) is 58.2 Å². The summed E-state index contributed by atoms with van der Waals surface area (Å²) in [7, 11) is 0. The Bertz CT molecular complexity index is 354. The zero-order valence-corrected chi connectivity index (χ0v) is 11.1. The fourth-order valence-electron chi connectivity index (χ4n) is 2.66. The average molecular weight is 253 g/mol. The molecule has 0 aliphatic carbocycles. The van der Waals surface area contributed by atoms with Crippen LogP contribution >= 0.6 is 0 Å². The lowest BCUT2D eigenvalue weighted by molar-refractivity contribution is 0.203. The van der Waals surface area contributed by atoms with Gasteiger partial charge in [-0.2, -0.15) is 0 Å². The van der Waals surface area contributed by atoms with Crippen LogP contribution in [0.2, 0.25) is 0 Å². The molecule has 1 saturated heterocycles. The molecule has 1 aromatic heterocycles. The highest BCUT2D eigenvalue weighted by Gasteiger charge is 2.25. The van der Waals surface area contributed by atoms with Gasteiger partial charge < -0.3 is 5.11 Å². The number of aryl methyl sites for hydroxylation is 1. The van der Waals surface area contributed by atoms with Crippen LogP contribution in [0.5, 0.6) is 0 Å². The van der Waals surface area contributed by atoms with Crippen LogP contribution in [0.25, 0.3) is 0 Å². The van der Waals surface area contributed by atoms with Crippen LogP contribution in [0.1, 0.15) is 44.9 Å². The Labute approximate surface area is 108 Å². The number of aromatic nitrogens is 4. The van der Waals surface area contributed by atoms with Crippen LogP contribution in [0, 0.1) is 0 Å². The summed E-state index contributed by atoms with van der Waals surface area (Å²) in [5.41, 5.74) is 0. The van der Waals surface area contributed by atoms with Crippen molar-refractivity contribution >= 4 is 0 Å². The smallest absolute Gasteiger partial charge is 0.165 e. The molecular weight excluding hydrogens is 230 g/mol. The Morgan fingerprint density at radius 2 is 2.33 bits per heavy atom. The van der Waals surface area contributed by atoms with Gasteiger partial charge >= 0.3 is 0 Å². The number of hydrogen-bond donors (Lipinski definition) is 1. The van der Waals surface area contributed by atoms with E-state index in [2.05, 4.69) is 27.3 Å². The lowest BCUT2D eigenvalue weighted by atomic mass is 10.1. The molecule has 2 rings (SSSR count). The fourth-order valence-corrected chi connectivity index (χ4v) is 2.66. The highest BCUT2D eigenvalue weighted by Crippen LogP contribution is 2.22. The molecule has 1 fully saturated rings. The molecule has 6 nitrogen and oxygen atoms in total. The topological polar surface area (TPSA) is 67.1 Å². The lowest BCUT2D eigenvalue weighted by Crippen LogP contribution is -2.30. The molecule has 2 heterocycles. The van der Waals surface area contributed by atoms with E-state index in [1.54, 1.807) is 0 Å². The number of rotatable bonds is 7. The highest BCUT2D eigenvalue weighted by molar-refractivity contribution is 4.87. The molecule has 1 aromatic rings. The summed E-state index contributed by atoms with van der Waals surface area (Å²) in [6.07, 6.45) is 5.49. The van der Waals surface area contributed by atoms with Crippen LogP contribution in [0.4, 0.5) is 0 Å². The maximum absolute atomic E-state index is 8.93. The van der Waals surface area contributed by atoms with Crippen molar-refractivity contribution in [3.05, 3.63) is 5.82 Å². The molecule has 0 amide bonds. The standard InChI is InChI=1S/C12H23N5O/c1-2-7-17-12(13-14-15-17)10-16-8-3-5-11(16)6-4-9-18/h11,18H,2-10H2,1H3. The fraction of sp³-hybridized carbons (Fsp3) is 0.917. The summed E-state index contributed by atoms with van der Waals surface area (Å²) in [6.45, 7) is 5.26. The second-order valence-electron chi connectivity index (χ2n) is 4.95. The summed E-state index contributed by atoms with van der Waals surface area (Å²) < 4.78 is 1.90. The van der Waals surface area contributed by atoms with E-state index in [0.717, 1.165) is 44.7 Å². The Morgan fingerprint density at radius 3 is 3.11 bits per heavy atom. The molecule has 6 heteroatoms. The van der Waals surface area contributed by atoms with Crippen molar-refractivity contribution in [2.75, 3.05) is 13.2 Å². The van der Waals surface area contributed by atoms with Crippen LogP contribution < -0.4 is 0 Å².